The summed E-state index contributed by atoms with van der Waals surface area (Å²) in [6, 6.07) is 7.30. The first-order chi connectivity index (χ1) is 13.4. The van der Waals surface area contributed by atoms with Crippen LogP contribution in [-0.4, -0.2) is 72.1 Å². The molecule has 0 radical (unpaired) electrons. The summed E-state index contributed by atoms with van der Waals surface area (Å²) in [6.07, 6.45) is 1.14. The molecule has 8 nitrogen and oxygen atoms in total. The number of carbonyl (C=O) groups is 3. The molecule has 3 amide bonds. The third kappa shape index (κ3) is 3.27. The second-order valence-corrected chi connectivity index (χ2v) is 8.09. The molecule has 28 heavy (non-hydrogen) atoms. The van der Waals surface area contributed by atoms with Crippen molar-refractivity contribution in [3.63, 3.8) is 0 Å². The number of rotatable bonds is 3. The van der Waals surface area contributed by atoms with Gasteiger partial charge in [0.1, 0.15) is 18.9 Å². The van der Waals surface area contributed by atoms with Crippen LogP contribution >= 0.6 is 0 Å². The van der Waals surface area contributed by atoms with Crippen LogP contribution in [0.2, 0.25) is 0 Å². The SMILES string of the molecule is CC1(C)COC(=O)N1C1CCN(C(=O)CN2C(=O)COc3ccccc32)CC1. The molecule has 0 aromatic heterocycles. The van der Waals surface area contributed by atoms with E-state index < -0.39 is 0 Å². The lowest BCUT2D eigenvalue weighted by molar-refractivity contribution is -0.133. The van der Waals surface area contributed by atoms with Crippen LogP contribution in [0.5, 0.6) is 5.75 Å². The summed E-state index contributed by atoms with van der Waals surface area (Å²) in [5.41, 5.74) is 0.307. The molecule has 3 heterocycles. The quantitative estimate of drug-likeness (QED) is 0.788. The maximum atomic E-state index is 12.8. The van der Waals surface area contributed by atoms with E-state index >= 15 is 0 Å². The lowest BCUT2D eigenvalue weighted by Gasteiger charge is -2.41. The fourth-order valence-electron chi connectivity index (χ4n) is 4.20. The standard InChI is InChI=1S/C20H25N3O5/c1-20(2)13-28-19(26)23(20)14-7-9-21(10-8-14)17(24)11-22-15-5-3-4-6-16(15)27-12-18(22)25/h3-6,14H,7-13H2,1-2H3. The number of hydrogen-bond donors (Lipinski definition) is 0. The van der Waals surface area contributed by atoms with Gasteiger partial charge in [0.15, 0.2) is 6.61 Å². The normalized spacial score (nSPS) is 22.0. The first kappa shape index (κ1) is 18.6. The Hall–Kier alpha value is -2.77. The molecule has 3 aliphatic heterocycles. The zero-order chi connectivity index (χ0) is 19.9. The van der Waals surface area contributed by atoms with Gasteiger partial charge >= 0.3 is 6.09 Å². The lowest BCUT2D eigenvalue weighted by atomic mass is 9.97. The molecule has 0 spiro atoms. The Morgan fingerprint density at radius 3 is 2.54 bits per heavy atom. The highest BCUT2D eigenvalue weighted by molar-refractivity contribution is 6.02. The number of para-hydroxylation sites is 2. The monoisotopic (exact) mass is 387 g/mol. The predicted octanol–water partition coefficient (Wildman–Crippen LogP) is 1.63. The third-order valence-electron chi connectivity index (χ3n) is 5.68. The zero-order valence-electron chi connectivity index (χ0n) is 16.2. The Morgan fingerprint density at radius 2 is 1.86 bits per heavy atom. The van der Waals surface area contributed by atoms with Crippen molar-refractivity contribution in [1.29, 1.82) is 0 Å². The maximum absolute atomic E-state index is 12.8. The number of amides is 3. The summed E-state index contributed by atoms with van der Waals surface area (Å²) >= 11 is 0. The number of fused-ring (bicyclic) bond motifs is 1. The van der Waals surface area contributed by atoms with E-state index in [0.29, 0.717) is 44.0 Å². The number of piperidine rings is 1. The van der Waals surface area contributed by atoms with E-state index in [1.807, 2.05) is 30.9 Å². The number of nitrogens with zero attached hydrogens (tertiary/aromatic N) is 3. The lowest BCUT2D eigenvalue weighted by Crippen LogP contribution is -2.54. The van der Waals surface area contributed by atoms with Gasteiger partial charge in [-0.05, 0) is 38.8 Å². The molecular weight excluding hydrogens is 362 g/mol. The Kier molecular flexibility index (Phi) is 4.64. The maximum Gasteiger partial charge on any atom is 0.410 e. The highest BCUT2D eigenvalue weighted by atomic mass is 16.6. The third-order valence-corrected chi connectivity index (χ3v) is 5.68. The highest BCUT2D eigenvalue weighted by Gasteiger charge is 2.45. The number of anilines is 1. The van der Waals surface area contributed by atoms with Crippen molar-refractivity contribution in [3.05, 3.63) is 24.3 Å². The Bertz CT molecular complexity index is 801. The summed E-state index contributed by atoms with van der Waals surface area (Å²) in [5.74, 6) is 0.304. The Balaban J connectivity index is 1.39. The summed E-state index contributed by atoms with van der Waals surface area (Å²) in [7, 11) is 0. The minimum absolute atomic E-state index is 0.00111. The summed E-state index contributed by atoms with van der Waals surface area (Å²) in [5, 5.41) is 0. The first-order valence-electron chi connectivity index (χ1n) is 9.63. The van der Waals surface area contributed by atoms with E-state index in [-0.39, 0.29) is 42.6 Å². The van der Waals surface area contributed by atoms with Gasteiger partial charge < -0.3 is 14.4 Å². The molecule has 0 unspecified atom stereocenters. The molecule has 1 aromatic rings. The second kappa shape index (κ2) is 7.00. The molecular formula is C20H25N3O5. The number of hydrogen-bond acceptors (Lipinski definition) is 5. The van der Waals surface area contributed by atoms with Gasteiger partial charge in [0.25, 0.3) is 5.91 Å². The average molecular weight is 387 g/mol. The Labute approximate surface area is 164 Å². The fourth-order valence-corrected chi connectivity index (χ4v) is 4.20. The molecule has 0 aliphatic carbocycles. The highest BCUT2D eigenvalue weighted by Crippen LogP contribution is 2.32. The molecule has 1 aromatic carbocycles. The largest absolute Gasteiger partial charge is 0.482 e. The van der Waals surface area contributed by atoms with Crippen molar-refractivity contribution in [2.24, 2.45) is 0 Å². The molecule has 2 fully saturated rings. The van der Waals surface area contributed by atoms with Crippen LogP contribution in [0.1, 0.15) is 26.7 Å². The zero-order valence-corrected chi connectivity index (χ0v) is 16.2. The molecule has 2 saturated heterocycles. The fraction of sp³-hybridized carbons (Fsp3) is 0.550. The molecule has 150 valence electrons. The van der Waals surface area contributed by atoms with Crippen molar-refractivity contribution in [2.45, 2.75) is 38.3 Å². The summed E-state index contributed by atoms with van der Waals surface area (Å²) < 4.78 is 10.6. The van der Waals surface area contributed by atoms with Crippen molar-refractivity contribution >= 4 is 23.6 Å². The molecule has 0 bridgehead atoms. The van der Waals surface area contributed by atoms with Gasteiger partial charge in [0.2, 0.25) is 5.91 Å². The molecule has 8 heteroatoms. The minimum atomic E-state index is -0.322. The summed E-state index contributed by atoms with van der Waals surface area (Å²) in [6.45, 7) is 5.45. The van der Waals surface area contributed by atoms with Crippen molar-refractivity contribution in [3.8, 4) is 5.75 Å². The van der Waals surface area contributed by atoms with Crippen LogP contribution in [0.25, 0.3) is 0 Å². The van der Waals surface area contributed by atoms with E-state index in [0.717, 1.165) is 0 Å². The van der Waals surface area contributed by atoms with Crippen LogP contribution in [0, 0.1) is 0 Å². The van der Waals surface area contributed by atoms with Gasteiger partial charge in [-0.2, -0.15) is 0 Å². The Morgan fingerprint density at radius 1 is 1.14 bits per heavy atom. The van der Waals surface area contributed by atoms with Gasteiger partial charge in [-0.1, -0.05) is 12.1 Å². The van der Waals surface area contributed by atoms with Crippen LogP contribution in [0.15, 0.2) is 24.3 Å². The topological polar surface area (TPSA) is 79.4 Å². The molecule has 0 atom stereocenters. The summed E-state index contributed by atoms with van der Waals surface area (Å²) in [4.78, 5) is 42.3. The minimum Gasteiger partial charge on any atom is -0.482 e. The van der Waals surface area contributed by atoms with Gasteiger partial charge in [0, 0.05) is 19.1 Å². The van der Waals surface area contributed by atoms with E-state index in [1.54, 1.807) is 17.0 Å². The number of likely N-dealkylation sites (tertiary alicyclic amines) is 1. The van der Waals surface area contributed by atoms with Gasteiger partial charge in [-0.15, -0.1) is 0 Å². The van der Waals surface area contributed by atoms with Crippen LogP contribution in [0.4, 0.5) is 10.5 Å². The smallest absolute Gasteiger partial charge is 0.410 e. The van der Waals surface area contributed by atoms with Gasteiger partial charge in [-0.3, -0.25) is 19.4 Å². The van der Waals surface area contributed by atoms with Crippen molar-refractivity contribution in [2.75, 3.05) is 37.7 Å². The number of benzene rings is 1. The second-order valence-electron chi connectivity index (χ2n) is 8.09. The van der Waals surface area contributed by atoms with Gasteiger partial charge in [-0.25, -0.2) is 4.79 Å². The van der Waals surface area contributed by atoms with E-state index in [4.69, 9.17) is 9.47 Å². The van der Waals surface area contributed by atoms with E-state index in [2.05, 4.69) is 0 Å². The van der Waals surface area contributed by atoms with Crippen LogP contribution < -0.4 is 9.64 Å². The van der Waals surface area contributed by atoms with Crippen LogP contribution in [0.3, 0.4) is 0 Å². The molecule has 0 N–H and O–H groups in total. The molecule has 4 rings (SSSR count). The number of carbonyl (C=O) groups excluding carboxylic acids is 3. The van der Waals surface area contributed by atoms with Crippen molar-refractivity contribution in [1.82, 2.24) is 9.80 Å². The molecule has 0 saturated carbocycles. The van der Waals surface area contributed by atoms with Crippen molar-refractivity contribution < 1.29 is 23.9 Å². The van der Waals surface area contributed by atoms with Crippen LogP contribution in [-0.2, 0) is 14.3 Å². The van der Waals surface area contributed by atoms with E-state index in [1.165, 1.54) is 4.90 Å². The number of ether oxygens (including phenoxy) is 2. The van der Waals surface area contributed by atoms with E-state index in [9.17, 15) is 14.4 Å². The molecule has 3 aliphatic rings. The van der Waals surface area contributed by atoms with Gasteiger partial charge in [0.05, 0.1) is 11.2 Å². The average Bonchev–Trinajstić information content (AvgIpc) is 2.96. The predicted molar refractivity (Wildman–Crippen MR) is 101 cm³/mol. The number of cyclic esters (lactones) is 1. The first-order valence-corrected chi connectivity index (χ1v) is 9.63.